The molecule has 2 aliphatic rings. The number of pyridine rings is 1. The molecule has 5 rings (SSSR count). The zero-order valence-corrected chi connectivity index (χ0v) is 24.7. The van der Waals surface area contributed by atoms with E-state index in [1.807, 2.05) is 43.3 Å². The number of unbranched alkanes of at least 4 members (excludes halogenated alkanes) is 2. The number of carbonyl (C=O) groups is 2. The van der Waals surface area contributed by atoms with Crippen LogP contribution in [0.5, 0.6) is 11.5 Å². The molecule has 0 bridgehead atoms. The van der Waals surface area contributed by atoms with Gasteiger partial charge in [-0.25, -0.2) is 4.98 Å². The van der Waals surface area contributed by atoms with E-state index in [-0.39, 0.29) is 11.3 Å². The van der Waals surface area contributed by atoms with E-state index < -0.39 is 17.7 Å². The first kappa shape index (κ1) is 29.6. The van der Waals surface area contributed by atoms with Gasteiger partial charge in [-0.3, -0.25) is 18.9 Å². The molecular weight excluding hydrogens is 536 g/mol. The largest absolute Gasteiger partial charge is 0.505 e. The van der Waals surface area contributed by atoms with Crippen LogP contribution in [0.4, 0.5) is 0 Å². The van der Waals surface area contributed by atoms with Crippen LogP contribution >= 0.6 is 0 Å². The number of carbonyl (C=O) groups excluding carboxylic acids is 2. The number of ether oxygens (including phenoxy) is 3. The SMILES string of the molecule is CCCCCOc1ccc(C2/C(=C(\O)c3c(C)nc4ccccn34)C(=O)C(=O)N2CCN2CCOCC2)cc1OCC. The van der Waals surface area contributed by atoms with Gasteiger partial charge < -0.3 is 24.2 Å². The number of benzene rings is 1. The number of rotatable bonds is 12. The summed E-state index contributed by atoms with van der Waals surface area (Å²) in [7, 11) is 0. The van der Waals surface area contributed by atoms with Gasteiger partial charge in [0, 0.05) is 32.4 Å². The third-order valence-electron chi connectivity index (χ3n) is 7.82. The number of aryl methyl sites for hydroxylation is 1. The van der Waals surface area contributed by atoms with Crippen molar-refractivity contribution in [3.8, 4) is 11.5 Å². The topological polar surface area (TPSA) is 106 Å². The maximum absolute atomic E-state index is 13.7. The summed E-state index contributed by atoms with van der Waals surface area (Å²) in [5.74, 6) is -0.459. The van der Waals surface area contributed by atoms with Crippen LogP contribution in [0.1, 0.15) is 56.1 Å². The van der Waals surface area contributed by atoms with E-state index in [0.29, 0.717) is 73.6 Å². The monoisotopic (exact) mass is 576 g/mol. The molecular formula is C32H40N4O6. The summed E-state index contributed by atoms with van der Waals surface area (Å²) >= 11 is 0. The molecule has 42 heavy (non-hydrogen) atoms. The zero-order chi connectivity index (χ0) is 29.6. The Balaban J connectivity index is 1.58. The minimum absolute atomic E-state index is 0.0368. The minimum Gasteiger partial charge on any atom is -0.505 e. The molecule has 2 aliphatic heterocycles. The first-order valence-corrected chi connectivity index (χ1v) is 14.9. The standard InChI is InChI=1S/C32H40N4O6/c1-4-6-9-18-42-24-12-11-23(21-25(24)41-5-2)29-27(30(37)28-22(3)33-26-10-7-8-13-35(26)28)31(38)32(39)36(29)15-14-34-16-19-40-20-17-34/h7-8,10-13,21,29,37H,4-6,9,14-20H2,1-3H3/b30-27+. The summed E-state index contributed by atoms with van der Waals surface area (Å²) in [6.45, 7) is 10.5. The van der Waals surface area contributed by atoms with E-state index >= 15 is 0 Å². The molecule has 224 valence electrons. The molecule has 1 aromatic carbocycles. The highest BCUT2D eigenvalue weighted by molar-refractivity contribution is 6.46. The van der Waals surface area contributed by atoms with Gasteiger partial charge in [0.2, 0.25) is 0 Å². The maximum atomic E-state index is 13.7. The van der Waals surface area contributed by atoms with Crippen molar-refractivity contribution in [3.05, 3.63) is 65.1 Å². The van der Waals surface area contributed by atoms with Crippen LogP contribution in [0.2, 0.25) is 0 Å². The second-order valence-electron chi connectivity index (χ2n) is 10.6. The third-order valence-corrected chi connectivity index (χ3v) is 7.82. The number of likely N-dealkylation sites (tertiary alicyclic amines) is 1. The number of aliphatic hydroxyl groups excluding tert-OH is 1. The number of hydrogen-bond donors (Lipinski definition) is 1. The van der Waals surface area contributed by atoms with Gasteiger partial charge in [0.25, 0.3) is 11.7 Å². The summed E-state index contributed by atoms with van der Waals surface area (Å²) in [5.41, 5.74) is 2.28. The molecule has 4 heterocycles. The second-order valence-corrected chi connectivity index (χ2v) is 10.6. The number of imidazole rings is 1. The molecule has 2 saturated heterocycles. The quantitative estimate of drug-likeness (QED) is 0.147. The molecule has 0 saturated carbocycles. The van der Waals surface area contributed by atoms with Crippen LogP contribution in [-0.2, 0) is 14.3 Å². The lowest BCUT2D eigenvalue weighted by Crippen LogP contribution is -2.42. The molecule has 0 aliphatic carbocycles. The third kappa shape index (κ3) is 6.00. The molecule has 1 N–H and O–H groups in total. The first-order valence-electron chi connectivity index (χ1n) is 14.9. The molecule has 2 fully saturated rings. The van der Waals surface area contributed by atoms with Crippen molar-refractivity contribution < 1.29 is 28.9 Å². The molecule has 1 amide bonds. The Morgan fingerprint density at radius 2 is 1.86 bits per heavy atom. The Hall–Kier alpha value is -3.89. The van der Waals surface area contributed by atoms with E-state index in [4.69, 9.17) is 14.2 Å². The van der Waals surface area contributed by atoms with Crippen molar-refractivity contribution >= 4 is 23.1 Å². The van der Waals surface area contributed by atoms with E-state index in [0.717, 1.165) is 32.4 Å². The number of aliphatic hydroxyl groups is 1. The highest BCUT2D eigenvalue weighted by atomic mass is 16.5. The van der Waals surface area contributed by atoms with Gasteiger partial charge in [0.05, 0.1) is 43.7 Å². The summed E-state index contributed by atoms with van der Waals surface area (Å²) in [6.07, 6.45) is 4.88. The number of hydrogen-bond acceptors (Lipinski definition) is 8. The number of nitrogens with zero attached hydrogens (tertiary/aromatic N) is 4. The number of ketones is 1. The van der Waals surface area contributed by atoms with E-state index in [2.05, 4.69) is 16.8 Å². The van der Waals surface area contributed by atoms with Crippen molar-refractivity contribution in [2.24, 2.45) is 0 Å². The predicted octanol–water partition coefficient (Wildman–Crippen LogP) is 4.36. The van der Waals surface area contributed by atoms with Crippen LogP contribution < -0.4 is 9.47 Å². The van der Waals surface area contributed by atoms with Crippen molar-refractivity contribution in [3.63, 3.8) is 0 Å². The lowest BCUT2D eigenvalue weighted by atomic mass is 9.96. The van der Waals surface area contributed by atoms with Crippen LogP contribution in [-0.4, -0.2) is 88.6 Å². The Morgan fingerprint density at radius 1 is 1.05 bits per heavy atom. The molecule has 0 spiro atoms. The first-order chi connectivity index (χ1) is 20.4. The van der Waals surface area contributed by atoms with Gasteiger partial charge in [-0.15, -0.1) is 0 Å². The van der Waals surface area contributed by atoms with Gasteiger partial charge in [0.15, 0.2) is 17.3 Å². The van der Waals surface area contributed by atoms with Crippen LogP contribution in [0.15, 0.2) is 48.2 Å². The lowest BCUT2D eigenvalue weighted by Gasteiger charge is -2.31. The Labute approximate surface area is 246 Å². The van der Waals surface area contributed by atoms with Gasteiger partial charge >= 0.3 is 0 Å². The molecule has 1 atom stereocenters. The average molecular weight is 577 g/mol. The molecule has 2 aromatic heterocycles. The molecule has 3 aromatic rings. The van der Waals surface area contributed by atoms with Gasteiger partial charge in [-0.05, 0) is 50.1 Å². The Kier molecular flexibility index (Phi) is 9.44. The predicted molar refractivity (Wildman–Crippen MR) is 159 cm³/mol. The second kappa shape index (κ2) is 13.4. The normalized spacial score (nSPS) is 19.1. The minimum atomic E-state index is -0.812. The van der Waals surface area contributed by atoms with Crippen molar-refractivity contribution in [1.82, 2.24) is 19.2 Å². The summed E-state index contributed by atoms with van der Waals surface area (Å²) in [4.78, 5) is 35.6. The lowest BCUT2D eigenvalue weighted by molar-refractivity contribution is -0.140. The fraction of sp³-hybridized carbons (Fsp3) is 0.469. The summed E-state index contributed by atoms with van der Waals surface area (Å²) < 4.78 is 19.2. The van der Waals surface area contributed by atoms with Gasteiger partial charge in [-0.1, -0.05) is 31.9 Å². The molecule has 1 unspecified atom stereocenters. The van der Waals surface area contributed by atoms with Crippen LogP contribution in [0.3, 0.4) is 0 Å². The highest BCUT2D eigenvalue weighted by Gasteiger charge is 2.46. The van der Waals surface area contributed by atoms with Gasteiger partial charge in [-0.2, -0.15) is 0 Å². The number of morpholine rings is 1. The van der Waals surface area contributed by atoms with E-state index in [1.165, 1.54) is 0 Å². The van der Waals surface area contributed by atoms with Crippen molar-refractivity contribution in [1.29, 1.82) is 0 Å². The number of amides is 1. The van der Waals surface area contributed by atoms with Gasteiger partial charge in [0.1, 0.15) is 11.3 Å². The summed E-state index contributed by atoms with van der Waals surface area (Å²) in [5, 5.41) is 11.8. The van der Waals surface area contributed by atoms with Crippen LogP contribution in [0, 0.1) is 6.92 Å². The van der Waals surface area contributed by atoms with Crippen molar-refractivity contribution in [2.75, 3.05) is 52.6 Å². The maximum Gasteiger partial charge on any atom is 0.295 e. The molecule has 10 heteroatoms. The van der Waals surface area contributed by atoms with E-state index in [9.17, 15) is 14.7 Å². The zero-order valence-electron chi connectivity index (χ0n) is 24.7. The highest BCUT2D eigenvalue weighted by Crippen LogP contribution is 2.42. The molecule has 10 nitrogen and oxygen atoms in total. The number of Topliss-reactive ketones (excluding diaryl/α,β-unsaturated/α-hetero) is 1. The number of aromatic nitrogens is 2. The summed E-state index contributed by atoms with van der Waals surface area (Å²) in [6, 6.07) is 10.2. The Morgan fingerprint density at radius 3 is 2.62 bits per heavy atom. The van der Waals surface area contributed by atoms with Crippen LogP contribution in [0.25, 0.3) is 11.4 Å². The molecule has 0 radical (unpaired) electrons. The smallest absolute Gasteiger partial charge is 0.295 e. The van der Waals surface area contributed by atoms with Crippen molar-refractivity contribution in [2.45, 2.75) is 46.1 Å². The number of fused-ring (bicyclic) bond motifs is 1. The fourth-order valence-electron chi connectivity index (χ4n) is 5.67. The average Bonchev–Trinajstić information content (AvgIpc) is 3.47. The Bertz CT molecular complexity index is 1460. The van der Waals surface area contributed by atoms with E-state index in [1.54, 1.807) is 22.4 Å². The fourth-order valence-corrected chi connectivity index (χ4v) is 5.67.